The van der Waals surface area contributed by atoms with E-state index in [-0.39, 0.29) is 10.5 Å². The predicted molar refractivity (Wildman–Crippen MR) is 113 cm³/mol. The summed E-state index contributed by atoms with van der Waals surface area (Å²) in [5, 5.41) is 4.31. The number of benzene rings is 2. The number of hydrogen-bond donors (Lipinski definition) is 2. The van der Waals surface area contributed by atoms with Crippen LogP contribution in [0.2, 0.25) is 0 Å². The monoisotopic (exact) mass is 448 g/mol. The molecule has 0 saturated carbocycles. The summed E-state index contributed by atoms with van der Waals surface area (Å²) < 4.78 is 39.5. The maximum atomic E-state index is 13.2. The molecular weight excluding hydrogens is 429 g/mol. The molecule has 0 radical (unpaired) electrons. The van der Waals surface area contributed by atoms with Gasteiger partial charge in [0.1, 0.15) is 5.03 Å². The first-order chi connectivity index (χ1) is 14.5. The summed E-state index contributed by atoms with van der Waals surface area (Å²) in [4.78, 5) is 31.8. The van der Waals surface area contributed by atoms with Gasteiger partial charge in [-0.15, -0.1) is 0 Å². The standard InChI is InChI=1S/C21H19F3N4O2S/c1-11-8-9-15(12(2)10-11)26-20(30)27-17(29)13(3)31-18-14-6-4-5-7-16(14)25-19(28-18)21(22,23)24/h4-10,13H,1-3H3,(H2,26,27,29,30)/t13-/m1/s1. The van der Waals surface area contributed by atoms with Crippen LogP contribution in [0.3, 0.4) is 0 Å². The molecule has 31 heavy (non-hydrogen) atoms. The van der Waals surface area contributed by atoms with Gasteiger partial charge >= 0.3 is 12.2 Å². The first-order valence-corrected chi connectivity index (χ1v) is 10.1. The second-order valence-electron chi connectivity index (χ2n) is 6.89. The van der Waals surface area contributed by atoms with Gasteiger partial charge in [0.25, 0.3) is 0 Å². The lowest BCUT2D eigenvalue weighted by atomic mass is 10.1. The number of halogens is 3. The number of anilines is 1. The third-order valence-electron chi connectivity index (χ3n) is 4.35. The Labute approximate surface area is 180 Å². The van der Waals surface area contributed by atoms with Crippen LogP contribution < -0.4 is 10.6 Å². The number of aryl methyl sites for hydroxylation is 2. The SMILES string of the molecule is Cc1ccc(NC(=O)NC(=O)[C@@H](C)Sc2nc(C(F)(F)F)nc3ccccc23)c(C)c1. The second kappa shape index (κ2) is 8.93. The fraction of sp³-hybridized carbons (Fsp3) is 0.238. The number of imide groups is 1. The van der Waals surface area contributed by atoms with Crippen molar-refractivity contribution < 1.29 is 22.8 Å². The Kier molecular flexibility index (Phi) is 6.49. The van der Waals surface area contributed by atoms with Crippen molar-refractivity contribution in [2.75, 3.05) is 5.32 Å². The molecule has 0 bridgehead atoms. The molecular formula is C21H19F3N4O2S. The normalized spacial score (nSPS) is 12.5. The van der Waals surface area contributed by atoms with Gasteiger partial charge in [-0.2, -0.15) is 13.2 Å². The van der Waals surface area contributed by atoms with Gasteiger partial charge in [-0.05, 0) is 38.5 Å². The van der Waals surface area contributed by atoms with E-state index in [0.717, 1.165) is 22.9 Å². The molecule has 162 valence electrons. The minimum Gasteiger partial charge on any atom is -0.307 e. The van der Waals surface area contributed by atoms with Crippen LogP contribution in [0.1, 0.15) is 23.9 Å². The number of thioether (sulfide) groups is 1. The van der Waals surface area contributed by atoms with Crippen molar-refractivity contribution in [2.45, 2.75) is 37.2 Å². The third kappa shape index (κ3) is 5.52. The lowest BCUT2D eigenvalue weighted by Gasteiger charge is -2.15. The van der Waals surface area contributed by atoms with Crippen LogP contribution in [0.5, 0.6) is 0 Å². The zero-order valence-corrected chi connectivity index (χ0v) is 17.7. The molecule has 6 nitrogen and oxygen atoms in total. The Hall–Kier alpha value is -3.14. The van der Waals surface area contributed by atoms with Gasteiger partial charge in [0, 0.05) is 11.1 Å². The van der Waals surface area contributed by atoms with E-state index in [2.05, 4.69) is 20.6 Å². The Morgan fingerprint density at radius 2 is 1.77 bits per heavy atom. The number of rotatable bonds is 4. The van der Waals surface area contributed by atoms with E-state index in [1.165, 1.54) is 13.0 Å². The highest BCUT2D eigenvalue weighted by atomic mass is 32.2. The van der Waals surface area contributed by atoms with Crippen molar-refractivity contribution in [3.63, 3.8) is 0 Å². The topological polar surface area (TPSA) is 84.0 Å². The maximum absolute atomic E-state index is 13.2. The lowest BCUT2D eigenvalue weighted by Crippen LogP contribution is -2.39. The smallest absolute Gasteiger partial charge is 0.307 e. The van der Waals surface area contributed by atoms with Crippen molar-refractivity contribution in [1.29, 1.82) is 0 Å². The summed E-state index contributed by atoms with van der Waals surface area (Å²) in [6.45, 7) is 5.22. The van der Waals surface area contributed by atoms with Crippen LogP contribution in [0, 0.1) is 13.8 Å². The Morgan fingerprint density at radius 3 is 2.45 bits per heavy atom. The summed E-state index contributed by atoms with van der Waals surface area (Å²) in [5.41, 5.74) is 2.53. The van der Waals surface area contributed by atoms with E-state index < -0.39 is 29.2 Å². The molecule has 0 aliphatic heterocycles. The number of alkyl halides is 3. The molecule has 3 aromatic rings. The van der Waals surface area contributed by atoms with E-state index in [9.17, 15) is 22.8 Å². The molecule has 3 amide bonds. The van der Waals surface area contributed by atoms with E-state index in [1.54, 1.807) is 24.3 Å². The number of hydrogen-bond acceptors (Lipinski definition) is 5. The largest absolute Gasteiger partial charge is 0.451 e. The molecule has 0 fully saturated rings. The molecule has 3 rings (SSSR count). The highest BCUT2D eigenvalue weighted by Crippen LogP contribution is 2.33. The number of nitrogens with one attached hydrogen (secondary N) is 2. The number of fused-ring (bicyclic) bond motifs is 1. The summed E-state index contributed by atoms with van der Waals surface area (Å²) in [7, 11) is 0. The Balaban J connectivity index is 1.74. The first-order valence-electron chi connectivity index (χ1n) is 9.24. The highest BCUT2D eigenvalue weighted by molar-refractivity contribution is 8.00. The van der Waals surface area contributed by atoms with Gasteiger partial charge in [0.2, 0.25) is 11.7 Å². The van der Waals surface area contributed by atoms with E-state index >= 15 is 0 Å². The van der Waals surface area contributed by atoms with Crippen LogP contribution in [0.4, 0.5) is 23.7 Å². The first kappa shape index (κ1) is 22.5. The van der Waals surface area contributed by atoms with Gasteiger partial charge in [0.05, 0.1) is 10.8 Å². The summed E-state index contributed by atoms with van der Waals surface area (Å²) >= 11 is 0.822. The van der Waals surface area contributed by atoms with Gasteiger partial charge in [0.15, 0.2) is 0 Å². The van der Waals surface area contributed by atoms with Crippen molar-refractivity contribution in [3.8, 4) is 0 Å². The number of amides is 3. The molecule has 1 heterocycles. The number of para-hydroxylation sites is 1. The lowest BCUT2D eigenvalue weighted by molar-refractivity contribution is -0.145. The molecule has 0 aliphatic rings. The van der Waals surface area contributed by atoms with E-state index in [4.69, 9.17) is 0 Å². The summed E-state index contributed by atoms with van der Waals surface area (Å²) in [6, 6.07) is 10.9. The van der Waals surface area contributed by atoms with Crippen molar-refractivity contribution >= 4 is 40.3 Å². The zero-order valence-electron chi connectivity index (χ0n) is 16.9. The number of urea groups is 1. The molecule has 0 unspecified atom stereocenters. The molecule has 0 aliphatic carbocycles. The molecule has 0 spiro atoms. The zero-order chi connectivity index (χ0) is 22.8. The van der Waals surface area contributed by atoms with E-state index in [1.807, 2.05) is 26.0 Å². The number of nitrogens with zero attached hydrogens (tertiary/aromatic N) is 2. The third-order valence-corrected chi connectivity index (χ3v) is 5.45. The molecule has 2 N–H and O–H groups in total. The summed E-state index contributed by atoms with van der Waals surface area (Å²) in [5.74, 6) is -1.95. The average Bonchev–Trinajstić information content (AvgIpc) is 2.69. The molecule has 1 atom stereocenters. The number of aromatic nitrogens is 2. The quantitative estimate of drug-likeness (QED) is 0.429. The Morgan fingerprint density at radius 1 is 1.06 bits per heavy atom. The highest BCUT2D eigenvalue weighted by Gasteiger charge is 2.36. The molecule has 10 heteroatoms. The predicted octanol–water partition coefficient (Wildman–Crippen LogP) is 5.09. The fourth-order valence-electron chi connectivity index (χ4n) is 2.81. The van der Waals surface area contributed by atoms with Gasteiger partial charge in [-0.25, -0.2) is 14.8 Å². The van der Waals surface area contributed by atoms with Crippen molar-refractivity contribution in [3.05, 3.63) is 59.4 Å². The van der Waals surface area contributed by atoms with Gasteiger partial charge in [-0.3, -0.25) is 10.1 Å². The van der Waals surface area contributed by atoms with Gasteiger partial charge in [-0.1, -0.05) is 47.7 Å². The average molecular weight is 448 g/mol. The van der Waals surface area contributed by atoms with Crippen LogP contribution in [0.25, 0.3) is 10.9 Å². The maximum Gasteiger partial charge on any atom is 0.451 e. The van der Waals surface area contributed by atoms with Crippen LogP contribution in [-0.4, -0.2) is 27.2 Å². The Bertz CT molecular complexity index is 1150. The van der Waals surface area contributed by atoms with Crippen LogP contribution >= 0.6 is 11.8 Å². The van der Waals surface area contributed by atoms with Gasteiger partial charge < -0.3 is 5.32 Å². The van der Waals surface area contributed by atoms with Crippen LogP contribution in [-0.2, 0) is 11.0 Å². The molecule has 1 aromatic heterocycles. The number of carbonyl (C=O) groups excluding carboxylic acids is 2. The minimum absolute atomic E-state index is 0.00959. The second-order valence-corrected chi connectivity index (χ2v) is 8.22. The number of carbonyl (C=O) groups is 2. The molecule has 2 aromatic carbocycles. The molecule has 0 saturated heterocycles. The summed E-state index contributed by atoms with van der Waals surface area (Å²) in [6.07, 6.45) is -4.73. The fourth-order valence-corrected chi connectivity index (χ4v) is 3.75. The minimum atomic E-state index is -4.73. The van der Waals surface area contributed by atoms with Crippen LogP contribution in [0.15, 0.2) is 47.5 Å². The van der Waals surface area contributed by atoms with E-state index in [0.29, 0.717) is 11.1 Å². The van der Waals surface area contributed by atoms with Crippen molar-refractivity contribution in [2.24, 2.45) is 0 Å². The van der Waals surface area contributed by atoms with Crippen molar-refractivity contribution in [1.82, 2.24) is 15.3 Å².